The van der Waals surface area contributed by atoms with Crippen LogP contribution in [-0.2, 0) is 14.2 Å². The zero-order valence-corrected chi connectivity index (χ0v) is 6.50. The van der Waals surface area contributed by atoms with Crippen LogP contribution < -0.4 is 0 Å². The largest absolute Gasteiger partial charge is 0.382 e. The third-order valence-corrected chi connectivity index (χ3v) is 1.78. The first kappa shape index (κ1) is 7.98. The minimum atomic E-state index is 0.148. The molecule has 1 saturated heterocycles. The van der Waals surface area contributed by atoms with Crippen LogP contribution in [0.4, 0.5) is 0 Å². The molecule has 2 atom stereocenters. The minimum absolute atomic E-state index is 0.148. The summed E-state index contributed by atoms with van der Waals surface area (Å²) in [6.07, 6.45) is 1.37. The first-order valence-electron chi connectivity index (χ1n) is 3.52. The third-order valence-electron chi connectivity index (χ3n) is 1.78. The van der Waals surface area contributed by atoms with Crippen molar-refractivity contribution in [2.24, 2.45) is 0 Å². The third kappa shape index (κ3) is 1.68. The molecular formula is C7H14O3. The molecule has 1 aliphatic rings. The lowest BCUT2D eigenvalue weighted by Crippen LogP contribution is -2.27. The van der Waals surface area contributed by atoms with Crippen LogP contribution in [-0.4, -0.2) is 39.6 Å². The van der Waals surface area contributed by atoms with Crippen molar-refractivity contribution in [3.63, 3.8) is 0 Å². The van der Waals surface area contributed by atoms with Gasteiger partial charge in [0, 0.05) is 20.8 Å². The lowest BCUT2D eigenvalue weighted by atomic mass is 10.2. The van der Waals surface area contributed by atoms with Crippen molar-refractivity contribution in [2.75, 3.05) is 27.4 Å². The Morgan fingerprint density at radius 2 is 2.30 bits per heavy atom. The van der Waals surface area contributed by atoms with Crippen LogP contribution in [0.2, 0.25) is 0 Å². The number of hydrogen-bond donors (Lipinski definition) is 0. The van der Waals surface area contributed by atoms with Crippen LogP contribution >= 0.6 is 0 Å². The van der Waals surface area contributed by atoms with Gasteiger partial charge in [-0.1, -0.05) is 0 Å². The highest BCUT2D eigenvalue weighted by atomic mass is 16.6. The molecule has 1 fully saturated rings. The van der Waals surface area contributed by atoms with E-state index in [1.807, 2.05) is 0 Å². The van der Waals surface area contributed by atoms with Gasteiger partial charge in [-0.25, -0.2) is 0 Å². The van der Waals surface area contributed by atoms with E-state index in [1.54, 1.807) is 14.2 Å². The van der Waals surface area contributed by atoms with Crippen molar-refractivity contribution in [3.8, 4) is 0 Å². The van der Waals surface area contributed by atoms with Gasteiger partial charge in [0.25, 0.3) is 0 Å². The number of ether oxygens (including phenoxy) is 3. The maximum Gasteiger partial charge on any atom is 0.107 e. The molecular weight excluding hydrogens is 132 g/mol. The van der Waals surface area contributed by atoms with Gasteiger partial charge in [0.15, 0.2) is 0 Å². The van der Waals surface area contributed by atoms with Crippen molar-refractivity contribution in [1.82, 2.24) is 0 Å². The molecule has 1 rings (SSSR count). The SMILES string of the molecule is COC[C@H]1OCCC1OC. The number of hydrogen-bond acceptors (Lipinski definition) is 3. The van der Waals surface area contributed by atoms with Gasteiger partial charge >= 0.3 is 0 Å². The maximum absolute atomic E-state index is 5.35. The van der Waals surface area contributed by atoms with Crippen LogP contribution in [0.1, 0.15) is 6.42 Å². The Kier molecular flexibility index (Phi) is 3.12. The Morgan fingerprint density at radius 1 is 1.50 bits per heavy atom. The fourth-order valence-corrected chi connectivity index (χ4v) is 1.22. The number of rotatable bonds is 3. The molecule has 0 aromatic rings. The fraction of sp³-hybridized carbons (Fsp3) is 1.00. The van der Waals surface area contributed by atoms with E-state index >= 15 is 0 Å². The van der Waals surface area contributed by atoms with Gasteiger partial charge in [0.1, 0.15) is 6.10 Å². The van der Waals surface area contributed by atoms with Crippen molar-refractivity contribution in [3.05, 3.63) is 0 Å². The second-order valence-electron chi connectivity index (χ2n) is 2.43. The molecule has 0 saturated carbocycles. The lowest BCUT2D eigenvalue weighted by molar-refractivity contribution is -0.0259. The van der Waals surface area contributed by atoms with E-state index in [-0.39, 0.29) is 12.2 Å². The van der Waals surface area contributed by atoms with E-state index in [0.29, 0.717) is 6.61 Å². The predicted molar refractivity (Wildman–Crippen MR) is 37.0 cm³/mol. The molecule has 0 aromatic carbocycles. The highest BCUT2D eigenvalue weighted by Crippen LogP contribution is 2.15. The van der Waals surface area contributed by atoms with E-state index in [1.165, 1.54) is 0 Å². The average Bonchev–Trinajstić information content (AvgIpc) is 2.36. The molecule has 1 heterocycles. The molecule has 0 N–H and O–H groups in total. The molecule has 0 aliphatic carbocycles. The molecule has 60 valence electrons. The molecule has 0 amide bonds. The summed E-state index contributed by atoms with van der Waals surface area (Å²) in [4.78, 5) is 0. The van der Waals surface area contributed by atoms with Crippen LogP contribution in [0.25, 0.3) is 0 Å². The molecule has 1 unspecified atom stereocenters. The van der Waals surface area contributed by atoms with Gasteiger partial charge in [0.2, 0.25) is 0 Å². The van der Waals surface area contributed by atoms with E-state index in [4.69, 9.17) is 14.2 Å². The van der Waals surface area contributed by atoms with Gasteiger partial charge < -0.3 is 14.2 Å². The normalized spacial score (nSPS) is 33.0. The molecule has 10 heavy (non-hydrogen) atoms. The van der Waals surface area contributed by atoms with Crippen LogP contribution in [0, 0.1) is 0 Å². The maximum atomic E-state index is 5.35. The predicted octanol–water partition coefficient (Wildman–Crippen LogP) is 0.437. The van der Waals surface area contributed by atoms with Gasteiger partial charge in [0.05, 0.1) is 12.7 Å². The topological polar surface area (TPSA) is 27.7 Å². The van der Waals surface area contributed by atoms with Crippen LogP contribution in [0.3, 0.4) is 0 Å². The first-order valence-corrected chi connectivity index (χ1v) is 3.52. The summed E-state index contributed by atoms with van der Waals surface area (Å²) in [5.41, 5.74) is 0. The molecule has 0 radical (unpaired) electrons. The molecule has 3 heteroatoms. The van der Waals surface area contributed by atoms with Gasteiger partial charge in [-0.2, -0.15) is 0 Å². The molecule has 0 aromatic heterocycles. The second-order valence-corrected chi connectivity index (χ2v) is 2.43. The van der Waals surface area contributed by atoms with Gasteiger partial charge in [-0.15, -0.1) is 0 Å². The molecule has 0 bridgehead atoms. The Morgan fingerprint density at radius 3 is 2.90 bits per heavy atom. The highest BCUT2D eigenvalue weighted by Gasteiger charge is 2.27. The Bertz CT molecular complexity index is 94.9. The quantitative estimate of drug-likeness (QED) is 0.578. The van der Waals surface area contributed by atoms with Crippen molar-refractivity contribution in [2.45, 2.75) is 18.6 Å². The average molecular weight is 146 g/mol. The second kappa shape index (κ2) is 3.91. The summed E-state index contributed by atoms with van der Waals surface area (Å²) in [7, 11) is 3.39. The highest BCUT2D eigenvalue weighted by molar-refractivity contribution is 4.75. The van der Waals surface area contributed by atoms with E-state index in [2.05, 4.69) is 0 Å². The Labute approximate surface area is 61.3 Å². The first-order chi connectivity index (χ1) is 4.88. The van der Waals surface area contributed by atoms with E-state index < -0.39 is 0 Å². The fourth-order valence-electron chi connectivity index (χ4n) is 1.22. The monoisotopic (exact) mass is 146 g/mol. The molecule has 1 aliphatic heterocycles. The zero-order chi connectivity index (χ0) is 7.40. The Hall–Kier alpha value is -0.120. The van der Waals surface area contributed by atoms with Crippen molar-refractivity contribution >= 4 is 0 Å². The number of methoxy groups -OCH3 is 2. The minimum Gasteiger partial charge on any atom is -0.382 e. The summed E-state index contributed by atoms with van der Waals surface area (Å²) < 4.78 is 15.5. The Balaban J connectivity index is 2.27. The van der Waals surface area contributed by atoms with E-state index in [0.717, 1.165) is 13.0 Å². The molecule has 3 nitrogen and oxygen atoms in total. The molecule has 0 spiro atoms. The van der Waals surface area contributed by atoms with Crippen LogP contribution in [0.5, 0.6) is 0 Å². The van der Waals surface area contributed by atoms with E-state index in [9.17, 15) is 0 Å². The van der Waals surface area contributed by atoms with Gasteiger partial charge in [-0.05, 0) is 6.42 Å². The van der Waals surface area contributed by atoms with Gasteiger partial charge in [-0.3, -0.25) is 0 Å². The summed E-state index contributed by atoms with van der Waals surface area (Å²) in [5.74, 6) is 0. The summed E-state index contributed by atoms with van der Waals surface area (Å²) in [6, 6.07) is 0. The summed E-state index contributed by atoms with van der Waals surface area (Å²) >= 11 is 0. The standard InChI is InChI=1S/C7H14O3/c1-8-5-7-6(9-2)3-4-10-7/h6-7H,3-5H2,1-2H3/t6?,7-/m1/s1. The summed E-state index contributed by atoms with van der Waals surface area (Å²) in [5, 5.41) is 0. The zero-order valence-electron chi connectivity index (χ0n) is 6.50. The van der Waals surface area contributed by atoms with Crippen LogP contribution in [0.15, 0.2) is 0 Å². The van der Waals surface area contributed by atoms with Crippen molar-refractivity contribution < 1.29 is 14.2 Å². The smallest absolute Gasteiger partial charge is 0.107 e. The summed E-state index contributed by atoms with van der Waals surface area (Å²) in [6.45, 7) is 1.44. The van der Waals surface area contributed by atoms with Crippen molar-refractivity contribution in [1.29, 1.82) is 0 Å². The lowest BCUT2D eigenvalue weighted by Gasteiger charge is -2.15.